The fourth-order valence-electron chi connectivity index (χ4n) is 1.31. The number of rotatable bonds is 6. The summed E-state index contributed by atoms with van der Waals surface area (Å²) in [7, 11) is 0. The van der Waals surface area contributed by atoms with Gasteiger partial charge in [0.15, 0.2) is 0 Å². The van der Waals surface area contributed by atoms with Gasteiger partial charge in [0.2, 0.25) is 0 Å². The van der Waals surface area contributed by atoms with E-state index in [-0.39, 0.29) is 12.6 Å². The van der Waals surface area contributed by atoms with Gasteiger partial charge in [-0.3, -0.25) is 4.68 Å². The smallest absolute Gasteiger partial charge is 0.0587 e. The van der Waals surface area contributed by atoms with Crippen molar-refractivity contribution in [2.45, 2.75) is 26.4 Å². The fraction of sp³-hybridized carbons (Fsp3) is 0.700. The van der Waals surface area contributed by atoms with Gasteiger partial charge in [-0.25, -0.2) is 0 Å². The Labute approximate surface area is 84.9 Å². The van der Waals surface area contributed by atoms with E-state index in [0.29, 0.717) is 5.92 Å². The van der Waals surface area contributed by atoms with Crippen molar-refractivity contribution < 1.29 is 5.11 Å². The molecular formula is C10H19N3O. The number of aliphatic hydroxyl groups is 1. The number of aromatic nitrogens is 2. The lowest BCUT2D eigenvalue weighted by Crippen LogP contribution is -2.38. The van der Waals surface area contributed by atoms with Crippen molar-refractivity contribution in [3.05, 3.63) is 18.5 Å². The minimum atomic E-state index is 0.186. The topological polar surface area (TPSA) is 50.1 Å². The molecule has 1 aromatic heterocycles. The van der Waals surface area contributed by atoms with Crippen LogP contribution >= 0.6 is 0 Å². The number of nitrogens with one attached hydrogen (secondary N) is 1. The molecule has 0 aliphatic heterocycles. The van der Waals surface area contributed by atoms with Gasteiger partial charge in [0.1, 0.15) is 0 Å². The number of hydrogen-bond acceptors (Lipinski definition) is 3. The summed E-state index contributed by atoms with van der Waals surface area (Å²) >= 11 is 0. The van der Waals surface area contributed by atoms with E-state index in [1.54, 1.807) is 6.20 Å². The van der Waals surface area contributed by atoms with Crippen molar-refractivity contribution in [3.63, 3.8) is 0 Å². The molecule has 0 spiro atoms. The van der Waals surface area contributed by atoms with Crippen LogP contribution in [-0.2, 0) is 6.54 Å². The molecule has 4 nitrogen and oxygen atoms in total. The highest BCUT2D eigenvalue weighted by molar-refractivity contribution is 4.78. The van der Waals surface area contributed by atoms with Crippen LogP contribution in [0.25, 0.3) is 0 Å². The van der Waals surface area contributed by atoms with Crippen molar-refractivity contribution in [1.82, 2.24) is 15.1 Å². The number of aliphatic hydroxyl groups excluding tert-OH is 1. The van der Waals surface area contributed by atoms with Crippen LogP contribution in [0.5, 0.6) is 0 Å². The summed E-state index contributed by atoms with van der Waals surface area (Å²) in [6.07, 6.45) is 3.71. The van der Waals surface area contributed by atoms with Gasteiger partial charge in [-0.1, -0.05) is 13.8 Å². The van der Waals surface area contributed by atoms with Gasteiger partial charge in [0.05, 0.1) is 13.2 Å². The maximum Gasteiger partial charge on any atom is 0.0587 e. The lowest BCUT2D eigenvalue weighted by atomic mass is 10.1. The molecule has 1 heterocycles. The minimum Gasteiger partial charge on any atom is -0.395 e. The molecule has 0 unspecified atom stereocenters. The van der Waals surface area contributed by atoms with Gasteiger partial charge in [-0.15, -0.1) is 0 Å². The second-order valence-electron chi connectivity index (χ2n) is 3.76. The second kappa shape index (κ2) is 5.78. The summed E-state index contributed by atoms with van der Waals surface area (Å²) in [4.78, 5) is 0. The molecule has 2 N–H and O–H groups in total. The van der Waals surface area contributed by atoms with E-state index in [2.05, 4.69) is 24.3 Å². The molecule has 14 heavy (non-hydrogen) atoms. The third kappa shape index (κ3) is 3.47. The monoisotopic (exact) mass is 197 g/mol. The van der Waals surface area contributed by atoms with Crippen LogP contribution < -0.4 is 5.32 Å². The molecule has 0 bridgehead atoms. The largest absolute Gasteiger partial charge is 0.395 e. The molecular weight excluding hydrogens is 178 g/mol. The second-order valence-corrected chi connectivity index (χ2v) is 3.76. The van der Waals surface area contributed by atoms with E-state index >= 15 is 0 Å². The molecule has 0 aliphatic carbocycles. The van der Waals surface area contributed by atoms with Crippen molar-refractivity contribution >= 4 is 0 Å². The van der Waals surface area contributed by atoms with E-state index in [9.17, 15) is 0 Å². The van der Waals surface area contributed by atoms with E-state index in [0.717, 1.165) is 13.1 Å². The van der Waals surface area contributed by atoms with Crippen molar-refractivity contribution in [3.8, 4) is 0 Å². The Morgan fingerprint density at radius 3 is 2.79 bits per heavy atom. The van der Waals surface area contributed by atoms with E-state index in [4.69, 9.17) is 5.11 Å². The summed E-state index contributed by atoms with van der Waals surface area (Å²) in [5.41, 5.74) is 0. The summed E-state index contributed by atoms with van der Waals surface area (Å²) in [5.74, 6) is 0.456. The Kier molecular flexibility index (Phi) is 4.62. The first kappa shape index (κ1) is 11.2. The summed E-state index contributed by atoms with van der Waals surface area (Å²) in [6.45, 7) is 6.07. The van der Waals surface area contributed by atoms with Crippen molar-refractivity contribution in [1.29, 1.82) is 0 Å². The molecule has 1 atom stereocenters. The van der Waals surface area contributed by atoms with Crippen LogP contribution in [-0.4, -0.2) is 34.1 Å². The number of hydrogen-bond donors (Lipinski definition) is 2. The predicted octanol–water partition coefficient (Wildman–Crippen LogP) is 0.490. The Morgan fingerprint density at radius 1 is 1.50 bits per heavy atom. The maximum absolute atomic E-state index is 9.07. The molecule has 0 saturated carbocycles. The highest BCUT2D eigenvalue weighted by Gasteiger charge is 2.10. The predicted molar refractivity (Wildman–Crippen MR) is 55.9 cm³/mol. The maximum atomic E-state index is 9.07. The van der Waals surface area contributed by atoms with Gasteiger partial charge >= 0.3 is 0 Å². The average Bonchev–Trinajstić information content (AvgIpc) is 2.64. The highest BCUT2D eigenvalue weighted by Crippen LogP contribution is 1.99. The molecule has 0 aromatic carbocycles. The molecule has 0 fully saturated rings. The molecule has 0 aliphatic rings. The zero-order valence-electron chi connectivity index (χ0n) is 8.85. The molecule has 0 saturated heterocycles. The average molecular weight is 197 g/mol. The van der Waals surface area contributed by atoms with Gasteiger partial charge < -0.3 is 10.4 Å². The normalized spacial score (nSPS) is 13.4. The Balaban J connectivity index is 2.20. The fourth-order valence-corrected chi connectivity index (χ4v) is 1.31. The van der Waals surface area contributed by atoms with Crippen molar-refractivity contribution in [2.24, 2.45) is 5.92 Å². The standard InChI is InChI=1S/C10H19N3O/c1-9(2)10(8-14)11-5-7-13-6-3-4-12-13/h3-4,6,9-11,14H,5,7-8H2,1-2H3/t10-/m1/s1. The lowest BCUT2D eigenvalue weighted by molar-refractivity contribution is 0.209. The molecule has 80 valence electrons. The van der Waals surface area contributed by atoms with Gasteiger partial charge in [-0.2, -0.15) is 5.10 Å². The van der Waals surface area contributed by atoms with E-state index < -0.39 is 0 Å². The quantitative estimate of drug-likeness (QED) is 0.698. The first-order chi connectivity index (χ1) is 6.74. The number of nitrogens with zero attached hydrogens (tertiary/aromatic N) is 2. The van der Waals surface area contributed by atoms with Gasteiger partial charge in [0, 0.05) is 25.0 Å². The van der Waals surface area contributed by atoms with E-state index in [1.165, 1.54) is 0 Å². The molecule has 0 amide bonds. The summed E-state index contributed by atoms with van der Waals surface area (Å²) in [6, 6.07) is 2.09. The summed E-state index contributed by atoms with van der Waals surface area (Å²) in [5, 5.41) is 16.5. The van der Waals surface area contributed by atoms with Crippen LogP contribution in [0.3, 0.4) is 0 Å². The summed E-state index contributed by atoms with van der Waals surface area (Å²) < 4.78 is 1.88. The van der Waals surface area contributed by atoms with E-state index in [1.807, 2.05) is 16.9 Å². The van der Waals surface area contributed by atoms with Crippen LogP contribution in [0.2, 0.25) is 0 Å². The zero-order chi connectivity index (χ0) is 10.4. The van der Waals surface area contributed by atoms with Crippen LogP contribution in [0, 0.1) is 5.92 Å². The van der Waals surface area contributed by atoms with Crippen LogP contribution in [0.1, 0.15) is 13.8 Å². The van der Waals surface area contributed by atoms with Gasteiger partial charge in [-0.05, 0) is 12.0 Å². The zero-order valence-corrected chi connectivity index (χ0v) is 8.85. The Hall–Kier alpha value is -0.870. The lowest BCUT2D eigenvalue weighted by Gasteiger charge is -2.19. The third-order valence-corrected chi connectivity index (χ3v) is 2.31. The first-order valence-electron chi connectivity index (χ1n) is 5.05. The van der Waals surface area contributed by atoms with Crippen molar-refractivity contribution in [2.75, 3.05) is 13.2 Å². The third-order valence-electron chi connectivity index (χ3n) is 2.31. The minimum absolute atomic E-state index is 0.186. The molecule has 1 rings (SSSR count). The van der Waals surface area contributed by atoms with Crippen LogP contribution in [0.4, 0.5) is 0 Å². The highest BCUT2D eigenvalue weighted by atomic mass is 16.3. The Morgan fingerprint density at radius 2 is 2.29 bits per heavy atom. The molecule has 0 radical (unpaired) electrons. The SMILES string of the molecule is CC(C)[C@@H](CO)NCCn1cccn1. The molecule has 1 aromatic rings. The Bertz CT molecular complexity index is 234. The molecule has 4 heteroatoms. The van der Waals surface area contributed by atoms with Gasteiger partial charge in [0.25, 0.3) is 0 Å². The first-order valence-corrected chi connectivity index (χ1v) is 5.05. The van der Waals surface area contributed by atoms with Crippen LogP contribution in [0.15, 0.2) is 18.5 Å².